The summed E-state index contributed by atoms with van der Waals surface area (Å²) >= 11 is 11.8. The number of nitro groups is 1. The van der Waals surface area contributed by atoms with Gasteiger partial charge in [0.05, 0.1) is 21.6 Å². The number of fused-ring (bicyclic) bond motifs is 2. The number of anilines is 1. The molecule has 2 aliphatic rings. The van der Waals surface area contributed by atoms with Gasteiger partial charge in [-0.3, -0.25) is 24.5 Å². The second-order valence-electron chi connectivity index (χ2n) is 9.14. The van der Waals surface area contributed by atoms with Gasteiger partial charge in [-0.25, -0.2) is 4.90 Å². The van der Waals surface area contributed by atoms with Crippen molar-refractivity contribution in [1.82, 2.24) is 4.98 Å². The molecule has 13 heteroatoms. The van der Waals surface area contributed by atoms with Crippen molar-refractivity contribution in [2.75, 3.05) is 4.90 Å². The smallest absolute Gasteiger partial charge is 0.305 e. The quantitative estimate of drug-likeness (QED) is 0.150. The zero-order chi connectivity index (χ0) is 28.1. The number of thioether (sulfide) groups is 1. The maximum atomic E-state index is 14.0. The van der Waals surface area contributed by atoms with Crippen LogP contribution in [0.4, 0.5) is 11.4 Å². The maximum absolute atomic E-state index is 14.0. The summed E-state index contributed by atoms with van der Waals surface area (Å²) in [5.74, 6) is -1.90. The number of carbonyl (C=O) groups excluding carboxylic acids is 2. The van der Waals surface area contributed by atoms with Crippen LogP contribution >= 0.6 is 50.6 Å². The minimum absolute atomic E-state index is 0.150. The molecule has 0 saturated carbocycles. The van der Waals surface area contributed by atoms with Gasteiger partial charge in [-0.05, 0) is 48.0 Å². The first-order valence-electron chi connectivity index (χ1n) is 11.9. The van der Waals surface area contributed by atoms with Crippen LogP contribution in [-0.2, 0) is 16.2 Å². The van der Waals surface area contributed by atoms with Gasteiger partial charge in [0, 0.05) is 38.0 Å². The first-order chi connectivity index (χ1) is 19.2. The summed E-state index contributed by atoms with van der Waals surface area (Å²) in [7, 11) is 0. The Bertz CT molecular complexity index is 1740. The highest BCUT2D eigenvalue weighted by molar-refractivity contribution is 9.10. The molecule has 40 heavy (non-hydrogen) atoms. The van der Waals surface area contributed by atoms with Crippen LogP contribution < -0.4 is 14.5 Å². The molecule has 2 amide bonds. The number of thiazole rings is 1. The van der Waals surface area contributed by atoms with E-state index in [9.17, 15) is 24.5 Å². The Kier molecular flexibility index (Phi) is 7.03. The van der Waals surface area contributed by atoms with Gasteiger partial charge in [0.15, 0.2) is 0 Å². The molecule has 2 aliphatic heterocycles. The number of nitro benzene ring substituents is 1. The van der Waals surface area contributed by atoms with Gasteiger partial charge in [-0.15, -0.1) is 0 Å². The van der Waals surface area contributed by atoms with Crippen LogP contribution in [0, 0.1) is 16.0 Å². The number of hydrogen-bond acceptors (Lipinski definition) is 8. The third-order valence-electron chi connectivity index (χ3n) is 6.73. The number of nitrogens with one attached hydrogen (secondary N) is 1. The van der Waals surface area contributed by atoms with Gasteiger partial charge in [-0.2, -0.15) is 0 Å². The molecule has 4 aromatic rings. The fourth-order valence-electron chi connectivity index (χ4n) is 5.01. The lowest BCUT2D eigenvalue weighted by atomic mass is 9.82. The first-order valence-corrected chi connectivity index (χ1v) is 14.8. The minimum atomic E-state index is -0.838. The van der Waals surface area contributed by atoms with Crippen molar-refractivity contribution in [3.63, 3.8) is 0 Å². The van der Waals surface area contributed by atoms with Crippen molar-refractivity contribution < 1.29 is 19.2 Å². The number of carbonyl (C=O) groups is 2. The molecular formula is C27H17BrClN3O6S2. The van der Waals surface area contributed by atoms with E-state index in [0.29, 0.717) is 26.2 Å². The monoisotopic (exact) mass is 657 g/mol. The molecule has 0 bridgehead atoms. The van der Waals surface area contributed by atoms with E-state index in [1.165, 1.54) is 24.3 Å². The number of imide groups is 1. The Labute approximate surface area is 248 Å². The Morgan fingerprint density at radius 2 is 1.82 bits per heavy atom. The molecule has 1 aromatic heterocycles. The highest BCUT2D eigenvalue weighted by atomic mass is 79.9. The summed E-state index contributed by atoms with van der Waals surface area (Å²) < 4.78 is 6.96. The molecule has 0 spiro atoms. The van der Waals surface area contributed by atoms with Crippen LogP contribution in [0.2, 0.25) is 5.02 Å². The molecule has 9 nitrogen and oxygen atoms in total. The van der Waals surface area contributed by atoms with E-state index < -0.39 is 33.8 Å². The topological polar surface area (TPSA) is 123 Å². The number of nitrogens with zero attached hydrogens (tertiary/aromatic N) is 2. The van der Waals surface area contributed by atoms with E-state index in [1.807, 2.05) is 24.3 Å². The van der Waals surface area contributed by atoms with E-state index in [0.717, 1.165) is 38.0 Å². The van der Waals surface area contributed by atoms with Crippen molar-refractivity contribution in [3.05, 3.63) is 112 Å². The number of ether oxygens (including phenoxy) is 1. The zero-order valence-electron chi connectivity index (χ0n) is 20.2. The van der Waals surface area contributed by atoms with E-state index in [4.69, 9.17) is 16.3 Å². The van der Waals surface area contributed by atoms with E-state index in [1.54, 1.807) is 18.2 Å². The summed E-state index contributed by atoms with van der Waals surface area (Å²) in [6.45, 7) is 0.211. The summed E-state index contributed by atoms with van der Waals surface area (Å²) in [6.07, 6.45) is 0. The number of aromatic nitrogens is 1. The number of rotatable bonds is 6. The molecule has 0 radical (unpaired) electrons. The summed E-state index contributed by atoms with van der Waals surface area (Å²) in [5, 5.41) is 11.4. The van der Waals surface area contributed by atoms with Crippen LogP contribution in [0.3, 0.4) is 0 Å². The Morgan fingerprint density at radius 3 is 2.55 bits per heavy atom. The average molecular weight is 659 g/mol. The first kappa shape index (κ1) is 26.8. The Hall–Kier alpha value is -3.45. The summed E-state index contributed by atoms with van der Waals surface area (Å²) in [4.78, 5) is 54.9. The summed E-state index contributed by atoms with van der Waals surface area (Å²) in [5.41, 5.74) is 1.59. The third-order valence-corrected chi connectivity index (χ3v) is 9.86. The molecule has 1 fully saturated rings. The van der Waals surface area contributed by atoms with E-state index in [2.05, 4.69) is 20.9 Å². The predicted octanol–water partition coefficient (Wildman–Crippen LogP) is 6.14. The van der Waals surface area contributed by atoms with Crippen LogP contribution in [0.15, 0.2) is 81.0 Å². The van der Waals surface area contributed by atoms with Crippen molar-refractivity contribution in [3.8, 4) is 5.75 Å². The summed E-state index contributed by atoms with van der Waals surface area (Å²) in [6, 6.07) is 18.0. The Morgan fingerprint density at radius 1 is 1.05 bits per heavy atom. The van der Waals surface area contributed by atoms with Crippen LogP contribution in [-0.4, -0.2) is 27.0 Å². The van der Waals surface area contributed by atoms with Crippen molar-refractivity contribution in [2.24, 2.45) is 5.92 Å². The molecule has 3 heterocycles. The average Bonchev–Trinajstić information content (AvgIpc) is 3.42. The number of hydrogen-bond donors (Lipinski definition) is 1. The zero-order valence-corrected chi connectivity index (χ0v) is 24.2. The molecule has 1 N–H and O–H groups in total. The molecule has 0 unspecified atom stereocenters. The van der Waals surface area contributed by atoms with Gasteiger partial charge in [-0.1, -0.05) is 62.8 Å². The van der Waals surface area contributed by atoms with E-state index in [-0.39, 0.29) is 22.9 Å². The lowest BCUT2D eigenvalue weighted by Gasteiger charge is -2.31. The van der Waals surface area contributed by atoms with Crippen molar-refractivity contribution in [1.29, 1.82) is 0 Å². The van der Waals surface area contributed by atoms with Crippen LogP contribution in [0.1, 0.15) is 21.9 Å². The van der Waals surface area contributed by atoms with E-state index >= 15 is 0 Å². The maximum Gasteiger partial charge on any atom is 0.305 e. The molecule has 0 aliphatic carbocycles. The van der Waals surface area contributed by atoms with Crippen molar-refractivity contribution >= 4 is 73.8 Å². The second-order valence-corrected chi connectivity index (χ2v) is 12.7. The van der Waals surface area contributed by atoms with Gasteiger partial charge in [0.1, 0.15) is 17.6 Å². The number of halogens is 2. The Balaban J connectivity index is 1.43. The van der Waals surface area contributed by atoms with Gasteiger partial charge >= 0.3 is 4.87 Å². The highest BCUT2D eigenvalue weighted by Crippen LogP contribution is 2.54. The molecule has 6 rings (SSSR count). The second kappa shape index (κ2) is 10.5. The highest BCUT2D eigenvalue weighted by Gasteiger charge is 2.56. The number of aromatic amines is 1. The van der Waals surface area contributed by atoms with Gasteiger partial charge in [0.25, 0.3) is 5.69 Å². The standard InChI is InChI=1S/C27H17BrClN3O6S2/c28-14-4-9-19(38-12-13-2-1-3-15(29)10-13)18(11-14)20-21-23(39-24-22(20)40-27(35)30-24)26(34)31(25(21)33)16-5-7-17(8-6-16)32(36)37/h1-11,20-21,23H,12H2,(H,30,35)/t20-,21-,23+/m0/s1. The van der Waals surface area contributed by atoms with Crippen LogP contribution in [0.25, 0.3) is 0 Å². The number of amides is 2. The van der Waals surface area contributed by atoms with Crippen molar-refractivity contribution in [2.45, 2.75) is 22.8 Å². The third kappa shape index (κ3) is 4.74. The lowest BCUT2D eigenvalue weighted by Crippen LogP contribution is -2.32. The number of non-ortho nitro benzene ring substituents is 1. The lowest BCUT2D eigenvalue weighted by molar-refractivity contribution is -0.384. The van der Waals surface area contributed by atoms with Gasteiger partial charge in [0.2, 0.25) is 11.8 Å². The molecule has 202 valence electrons. The minimum Gasteiger partial charge on any atom is -0.489 e. The fourth-order valence-corrected chi connectivity index (χ4v) is 8.11. The molecule has 3 aromatic carbocycles. The normalized spacial score (nSPS) is 19.9. The number of H-pyrrole nitrogens is 1. The largest absolute Gasteiger partial charge is 0.489 e. The molecule has 3 atom stereocenters. The fraction of sp³-hybridized carbons (Fsp3) is 0.148. The number of benzene rings is 3. The predicted molar refractivity (Wildman–Crippen MR) is 155 cm³/mol. The molecule has 1 saturated heterocycles. The molecular weight excluding hydrogens is 642 g/mol. The van der Waals surface area contributed by atoms with Crippen LogP contribution in [0.5, 0.6) is 5.75 Å². The van der Waals surface area contributed by atoms with Gasteiger partial charge < -0.3 is 9.72 Å². The SMILES string of the molecule is O=C1[C@H]2[C@H](c3cc(Br)ccc3OCc3cccc(Cl)c3)c3sc(=O)[nH]c3S[C@H]2C(=O)N1c1ccc([N+](=O)[O-])cc1.